The van der Waals surface area contributed by atoms with Crippen LogP contribution in [-0.4, -0.2) is 46.3 Å². The van der Waals surface area contributed by atoms with Gasteiger partial charge in [-0.15, -0.1) is 0 Å². The van der Waals surface area contributed by atoms with E-state index in [1.165, 1.54) is 0 Å². The molecule has 0 unspecified atom stereocenters. The van der Waals surface area contributed by atoms with Crippen molar-refractivity contribution in [2.75, 3.05) is 18.4 Å². The van der Waals surface area contributed by atoms with Crippen molar-refractivity contribution < 1.29 is 41.0 Å². The maximum atomic E-state index is 12.9. The minimum Gasteiger partial charge on any atom is -0.481 e. The predicted molar refractivity (Wildman–Crippen MR) is 70.5 cm³/mol. The largest absolute Gasteiger partial charge is 0.481 e. The summed E-state index contributed by atoms with van der Waals surface area (Å²) in [4.78, 5) is 27.0. The molecule has 2 N–H and O–H groups in total. The quantitative estimate of drug-likeness (QED) is 0.784. The van der Waals surface area contributed by atoms with Crippen LogP contribution in [0.15, 0.2) is 18.3 Å². The van der Waals surface area contributed by atoms with Crippen molar-refractivity contribution in [2.45, 2.75) is 12.4 Å². The van der Waals surface area contributed by atoms with E-state index in [2.05, 4.69) is 4.98 Å². The molecule has 0 spiro atoms. The first-order valence-corrected chi connectivity index (χ1v) is 6.78. The van der Waals surface area contributed by atoms with E-state index in [9.17, 15) is 35.9 Å². The summed E-state index contributed by atoms with van der Waals surface area (Å²) >= 11 is 0. The van der Waals surface area contributed by atoms with Crippen LogP contribution in [0.3, 0.4) is 0 Å². The molecule has 1 saturated heterocycles. The van der Waals surface area contributed by atoms with Crippen LogP contribution >= 0.6 is 0 Å². The van der Waals surface area contributed by atoms with Crippen LogP contribution in [0.2, 0.25) is 0 Å². The lowest BCUT2D eigenvalue weighted by Gasteiger charge is -2.18. The number of aliphatic carboxylic acids is 1. The van der Waals surface area contributed by atoms with Crippen LogP contribution in [0.5, 0.6) is 0 Å². The van der Waals surface area contributed by atoms with Crippen molar-refractivity contribution in [3.8, 4) is 0 Å². The molecule has 138 valence electrons. The van der Waals surface area contributed by atoms with Crippen LogP contribution < -0.4 is 5.32 Å². The number of rotatable bonds is 2. The number of urea groups is 1. The van der Waals surface area contributed by atoms with Gasteiger partial charge in [0.15, 0.2) is 0 Å². The Morgan fingerprint density at radius 2 is 1.84 bits per heavy atom. The highest BCUT2D eigenvalue weighted by molar-refractivity contribution is 5.89. The molecule has 0 saturated carbocycles. The van der Waals surface area contributed by atoms with Gasteiger partial charge in [0, 0.05) is 19.3 Å². The Morgan fingerprint density at radius 1 is 1.20 bits per heavy atom. The van der Waals surface area contributed by atoms with E-state index in [0.29, 0.717) is 17.0 Å². The molecule has 1 aromatic heterocycles. The SMILES string of the molecule is O=C(O)[C@@H]1CN(C(=O)Nc2cc(C(F)(F)F)ccn2)C[C@H]1C(F)(F)F. The summed E-state index contributed by atoms with van der Waals surface area (Å²) in [6.45, 7) is -1.63. The normalized spacial score (nSPS) is 21.3. The predicted octanol–water partition coefficient (Wildman–Crippen LogP) is 2.83. The Hall–Kier alpha value is -2.53. The first kappa shape index (κ1) is 18.8. The Labute approximate surface area is 136 Å². The number of hydrogen-bond donors (Lipinski definition) is 2. The molecular formula is C13H11F6N3O3. The van der Waals surface area contributed by atoms with E-state index in [0.717, 1.165) is 6.20 Å². The van der Waals surface area contributed by atoms with Gasteiger partial charge in [0.1, 0.15) is 5.82 Å². The smallest absolute Gasteiger partial charge is 0.416 e. The van der Waals surface area contributed by atoms with Crippen LogP contribution in [0.4, 0.5) is 37.0 Å². The third-order valence-electron chi connectivity index (χ3n) is 3.67. The monoisotopic (exact) mass is 371 g/mol. The molecule has 0 aliphatic carbocycles. The second-order valence-electron chi connectivity index (χ2n) is 5.36. The Kier molecular flexibility index (Phi) is 4.82. The van der Waals surface area contributed by atoms with Gasteiger partial charge in [0.05, 0.1) is 17.4 Å². The number of aromatic nitrogens is 1. The summed E-state index contributed by atoms with van der Waals surface area (Å²) in [6, 6.07) is 0.0139. The molecule has 6 nitrogen and oxygen atoms in total. The highest BCUT2D eigenvalue weighted by atomic mass is 19.4. The number of carboxylic acids is 1. The first-order valence-electron chi connectivity index (χ1n) is 6.78. The molecule has 1 aliphatic rings. The summed E-state index contributed by atoms with van der Waals surface area (Å²) in [6.07, 6.45) is -8.74. The van der Waals surface area contributed by atoms with Crippen molar-refractivity contribution in [3.63, 3.8) is 0 Å². The fourth-order valence-corrected chi connectivity index (χ4v) is 2.42. The summed E-state index contributed by atoms with van der Waals surface area (Å²) in [5.74, 6) is -6.33. The number of nitrogens with one attached hydrogen (secondary N) is 1. The molecule has 25 heavy (non-hydrogen) atoms. The number of halogens is 6. The molecule has 0 aromatic carbocycles. The van der Waals surface area contributed by atoms with Gasteiger partial charge in [-0.2, -0.15) is 26.3 Å². The van der Waals surface area contributed by atoms with Gasteiger partial charge >= 0.3 is 24.4 Å². The molecule has 2 heterocycles. The second kappa shape index (κ2) is 6.41. The number of nitrogens with zero attached hydrogens (tertiary/aromatic N) is 2. The maximum absolute atomic E-state index is 12.9. The number of carbonyl (C=O) groups excluding carboxylic acids is 1. The Morgan fingerprint density at radius 3 is 2.32 bits per heavy atom. The van der Waals surface area contributed by atoms with Gasteiger partial charge in [-0.1, -0.05) is 0 Å². The minimum atomic E-state index is -4.83. The van der Waals surface area contributed by atoms with Gasteiger partial charge in [-0.3, -0.25) is 10.1 Å². The number of hydrogen-bond acceptors (Lipinski definition) is 3. The van der Waals surface area contributed by atoms with Crippen molar-refractivity contribution in [2.24, 2.45) is 11.8 Å². The molecule has 0 bridgehead atoms. The van der Waals surface area contributed by atoms with Crippen LogP contribution in [-0.2, 0) is 11.0 Å². The van der Waals surface area contributed by atoms with Gasteiger partial charge < -0.3 is 10.0 Å². The third-order valence-corrected chi connectivity index (χ3v) is 3.67. The molecule has 1 fully saturated rings. The third kappa shape index (κ3) is 4.31. The van der Waals surface area contributed by atoms with Gasteiger partial charge in [0.2, 0.25) is 0 Å². The van der Waals surface area contributed by atoms with E-state index in [1.54, 1.807) is 0 Å². The van der Waals surface area contributed by atoms with E-state index < -0.39 is 60.7 Å². The number of carbonyl (C=O) groups is 2. The number of amides is 2. The summed E-state index contributed by atoms with van der Waals surface area (Å²) in [5.41, 5.74) is -1.10. The number of carboxylic acid groups (broad SMARTS) is 1. The lowest BCUT2D eigenvalue weighted by molar-refractivity contribution is -0.187. The van der Waals surface area contributed by atoms with E-state index in [1.807, 2.05) is 5.32 Å². The number of anilines is 1. The highest BCUT2D eigenvalue weighted by Crippen LogP contribution is 2.38. The van der Waals surface area contributed by atoms with E-state index in [-0.39, 0.29) is 0 Å². The number of alkyl halides is 6. The van der Waals surface area contributed by atoms with E-state index in [4.69, 9.17) is 5.11 Å². The molecule has 1 aliphatic heterocycles. The van der Waals surface area contributed by atoms with Gasteiger partial charge in [-0.05, 0) is 12.1 Å². The highest BCUT2D eigenvalue weighted by Gasteiger charge is 2.53. The zero-order chi connectivity index (χ0) is 19.0. The molecule has 2 atom stereocenters. The Balaban J connectivity index is 2.13. The van der Waals surface area contributed by atoms with Crippen LogP contribution in [0, 0.1) is 11.8 Å². The lowest BCUT2D eigenvalue weighted by Crippen LogP contribution is -2.35. The lowest BCUT2D eigenvalue weighted by atomic mass is 9.96. The molecule has 1 aromatic rings. The number of likely N-dealkylation sites (tertiary alicyclic amines) is 1. The Bertz CT molecular complexity index is 676. The molecular weight excluding hydrogens is 360 g/mol. The summed E-state index contributed by atoms with van der Waals surface area (Å²) in [7, 11) is 0. The molecule has 12 heteroatoms. The standard InChI is InChI=1S/C13H11F6N3O3/c14-12(15,16)6-1-2-20-9(3-6)21-11(25)22-4-7(10(23)24)8(5-22)13(17,18)19/h1-3,7-8H,4-5H2,(H,23,24)(H,20,21,25)/t7-,8-/m1/s1. The van der Waals surface area contributed by atoms with Gasteiger partial charge in [-0.25, -0.2) is 9.78 Å². The molecule has 2 rings (SSSR count). The average molecular weight is 371 g/mol. The van der Waals surface area contributed by atoms with Crippen LogP contribution in [0.1, 0.15) is 5.56 Å². The summed E-state index contributed by atoms with van der Waals surface area (Å²) in [5, 5.41) is 10.8. The molecule has 2 amide bonds. The fourth-order valence-electron chi connectivity index (χ4n) is 2.42. The zero-order valence-electron chi connectivity index (χ0n) is 12.2. The van der Waals surface area contributed by atoms with E-state index >= 15 is 0 Å². The maximum Gasteiger partial charge on any atom is 0.416 e. The minimum absolute atomic E-state index is 0.512. The second-order valence-corrected chi connectivity index (χ2v) is 5.36. The van der Waals surface area contributed by atoms with Gasteiger partial charge in [0.25, 0.3) is 0 Å². The summed E-state index contributed by atoms with van der Waals surface area (Å²) < 4.78 is 76.3. The fraction of sp³-hybridized carbons (Fsp3) is 0.462. The average Bonchev–Trinajstić information content (AvgIpc) is 2.92. The van der Waals surface area contributed by atoms with Crippen molar-refractivity contribution in [1.29, 1.82) is 0 Å². The topological polar surface area (TPSA) is 82.5 Å². The first-order chi connectivity index (χ1) is 11.4. The van der Waals surface area contributed by atoms with Crippen molar-refractivity contribution in [1.82, 2.24) is 9.88 Å². The zero-order valence-corrected chi connectivity index (χ0v) is 12.2. The van der Waals surface area contributed by atoms with Crippen LogP contribution in [0.25, 0.3) is 0 Å². The van der Waals surface area contributed by atoms with Crippen molar-refractivity contribution in [3.05, 3.63) is 23.9 Å². The van der Waals surface area contributed by atoms with Crippen molar-refractivity contribution >= 4 is 17.8 Å². The molecule has 0 radical (unpaired) electrons. The number of pyridine rings is 1.